The van der Waals surface area contributed by atoms with Crippen molar-refractivity contribution in [3.05, 3.63) is 84.3 Å². The molecule has 1 aliphatic rings. The third kappa shape index (κ3) is 8.23. The summed E-state index contributed by atoms with van der Waals surface area (Å²) in [5, 5.41) is 5.44. The van der Waals surface area contributed by atoms with Crippen LogP contribution in [0.2, 0.25) is 0 Å². The standard InChI is InChI=1S/C30H39N7O4/c1-30(2,31)29(40)33-24(20-41-19-22-10-6-4-7-11-22)27(38)34-25-18-37(21-32-25)26(23-12-8-5-9-13-23)28(39)36-16-14-35(3)15-17-36/h4-13,18,21,24,26H,14-17,19-20,31H2,1-3H3,(H,33,40)(H,34,38). The van der Waals surface area contributed by atoms with Gasteiger partial charge in [0.25, 0.3) is 5.91 Å². The maximum atomic E-state index is 13.7. The Morgan fingerprint density at radius 2 is 1.63 bits per heavy atom. The van der Waals surface area contributed by atoms with Gasteiger partial charge in [0.15, 0.2) is 5.82 Å². The number of aromatic nitrogens is 2. The van der Waals surface area contributed by atoms with E-state index in [0.29, 0.717) is 13.1 Å². The van der Waals surface area contributed by atoms with Crippen LogP contribution in [-0.2, 0) is 25.7 Å². The van der Waals surface area contributed by atoms with Crippen LogP contribution in [0.4, 0.5) is 5.82 Å². The maximum Gasteiger partial charge on any atom is 0.250 e. The molecule has 1 aromatic heterocycles. The SMILES string of the molecule is CN1CCN(C(=O)C(c2ccccc2)n2cnc(NC(=O)C(COCc3ccccc3)NC(=O)C(C)(C)N)c2)CC1. The van der Waals surface area contributed by atoms with E-state index in [0.717, 1.165) is 24.2 Å². The first-order valence-corrected chi connectivity index (χ1v) is 13.7. The van der Waals surface area contributed by atoms with Gasteiger partial charge in [0.05, 0.1) is 25.1 Å². The summed E-state index contributed by atoms with van der Waals surface area (Å²) in [6.07, 6.45) is 3.16. The Bertz CT molecular complexity index is 1300. The first kappa shape index (κ1) is 29.9. The van der Waals surface area contributed by atoms with Crippen molar-refractivity contribution >= 4 is 23.5 Å². The summed E-state index contributed by atoms with van der Waals surface area (Å²) in [4.78, 5) is 48.0. The van der Waals surface area contributed by atoms with Gasteiger partial charge in [0.2, 0.25) is 11.8 Å². The molecule has 0 saturated carbocycles. The largest absolute Gasteiger partial charge is 0.374 e. The molecule has 1 aliphatic heterocycles. The molecule has 1 fully saturated rings. The first-order chi connectivity index (χ1) is 19.6. The lowest BCUT2D eigenvalue weighted by atomic mass is 10.0. The minimum Gasteiger partial charge on any atom is -0.374 e. The zero-order chi connectivity index (χ0) is 29.4. The van der Waals surface area contributed by atoms with Gasteiger partial charge in [-0.15, -0.1) is 0 Å². The van der Waals surface area contributed by atoms with E-state index in [1.54, 1.807) is 24.6 Å². The summed E-state index contributed by atoms with van der Waals surface area (Å²) in [7, 11) is 2.04. The maximum absolute atomic E-state index is 13.7. The van der Waals surface area contributed by atoms with Gasteiger partial charge in [0, 0.05) is 32.4 Å². The number of imidazole rings is 1. The number of hydrogen-bond donors (Lipinski definition) is 3. The summed E-state index contributed by atoms with van der Waals surface area (Å²) >= 11 is 0. The lowest BCUT2D eigenvalue weighted by Gasteiger charge is -2.35. The highest BCUT2D eigenvalue weighted by atomic mass is 16.5. The topological polar surface area (TPSA) is 135 Å². The molecule has 3 aromatic rings. The van der Waals surface area contributed by atoms with Gasteiger partial charge in [-0.3, -0.25) is 14.4 Å². The molecule has 11 nitrogen and oxygen atoms in total. The van der Waals surface area contributed by atoms with E-state index >= 15 is 0 Å². The summed E-state index contributed by atoms with van der Waals surface area (Å²) in [6.45, 7) is 6.20. The van der Waals surface area contributed by atoms with Gasteiger partial charge in [-0.1, -0.05) is 60.7 Å². The van der Waals surface area contributed by atoms with Crippen LogP contribution in [0.3, 0.4) is 0 Å². The summed E-state index contributed by atoms with van der Waals surface area (Å²) in [6, 6.07) is 17.4. The van der Waals surface area contributed by atoms with Gasteiger partial charge < -0.3 is 35.5 Å². The number of carbonyl (C=O) groups is 3. The molecular formula is C30H39N7O4. The molecule has 4 N–H and O–H groups in total. The number of amides is 3. The highest BCUT2D eigenvalue weighted by molar-refractivity contribution is 5.98. The Hall–Kier alpha value is -4.06. The molecule has 2 heterocycles. The van der Waals surface area contributed by atoms with E-state index in [1.807, 2.05) is 72.6 Å². The van der Waals surface area contributed by atoms with E-state index in [2.05, 4.69) is 20.5 Å². The van der Waals surface area contributed by atoms with E-state index in [4.69, 9.17) is 10.5 Å². The lowest BCUT2D eigenvalue weighted by Crippen LogP contribution is -2.56. The number of rotatable bonds is 11. The van der Waals surface area contributed by atoms with E-state index in [1.165, 1.54) is 6.33 Å². The number of nitrogens with two attached hydrogens (primary N) is 1. The minimum absolute atomic E-state index is 0.0378. The molecular weight excluding hydrogens is 522 g/mol. The highest BCUT2D eigenvalue weighted by Crippen LogP contribution is 2.23. The van der Waals surface area contributed by atoms with Crippen LogP contribution in [-0.4, -0.2) is 88.5 Å². The van der Waals surface area contributed by atoms with Crippen molar-refractivity contribution in [2.45, 2.75) is 38.1 Å². The quantitative estimate of drug-likeness (QED) is 0.324. The second-order valence-corrected chi connectivity index (χ2v) is 10.9. The Labute approximate surface area is 240 Å². The van der Waals surface area contributed by atoms with Crippen LogP contribution >= 0.6 is 0 Å². The predicted molar refractivity (Wildman–Crippen MR) is 156 cm³/mol. The molecule has 0 spiro atoms. The Balaban J connectivity index is 1.49. The van der Waals surface area contributed by atoms with Gasteiger partial charge in [-0.05, 0) is 32.0 Å². The second kappa shape index (κ2) is 13.5. The number of likely N-dealkylation sites (N-methyl/N-ethyl adjacent to an activating group) is 1. The molecule has 4 rings (SSSR count). The number of carbonyl (C=O) groups excluding carboxylic acids is 3. The van der Waals surface area contributed by atoms with Gasteiger partial charge >= 0.3 is 0 Å². The number of piperazine rings is 1. The molecule has 2 atom stereocenters. The number of nitrogens with one attached hydrogen (secondary N) is 2. The van der Waals surface area contributed by atoms with E-state index in [9.17, 15) is 14.4 Å². The fourth-order valence-electron chi connectivity index (χ4n) is 4.43. The average Bonchev–Trinajstić information content (AvgIpc) is 3.41. The van der Waals surface area contributed by atoms with Crippen LogP contribution in [0.1, 0.15) is 31.0 Å². The van der Waals surface area contributed by atoms with Crippen molar-refractivity contribution < 1.29 is 19.1 Å². The first-order valence-electron chi connectivity index (χ1n) is 13.7. The Morgan fingerprint density at radius 1 is 1.00 bits per heavy atom. The molecule has 0 radical (unpaired) electrons. The number of anilines is 1. The van der Waals surface area contributed by atoms with Crippen LogP contribution in [0.15, 0.2) is 73.2 Å². The summed E-state index contributed by atoms with van der Waals surface area (Å²) < 4.78 is 7.47. The van der Waals surface area contributed by atoms with Gasteiger partial charge in [-0.25, -0.2) is 4.98 Å². The zero-order valence-corrected chi connectivity index (χ0v) is 23.8. The average molecular weight is 562 g/mol. The molecule has 2 unspecified atom stereocenters. The zero-order valence-electron chi connectivity index (χ0n) is 23.8. The lowest BCUT2D eigenvalue weighted by molar-refractivity contribution is -0.135. The van der Waals surface area contributed by atoms with Crippen molar-refractivity contribution in [1.82, 2.24) is 24.7 Å². The third-order valence-corrected chi connectivity index (χ3v) is 6.92. The number of nitrogens with zero attached hydrogens (tertiary/aromatic N) is 4. The van der Waals surface area contributed by atoms with Crippen LogP contribution in [0.5, 0.6) is 0 Å². The van der Waals surface area contributed by atoms with Crippen LogP contribution < -0.4 is 16.4 Å². The Morgan fingerprint density at radius 3 is 2.27 bits per heavy atom. The van der Waals surface area contributed by atoms with Crippen molar-refractivity contribution in [3.8, 4) is 0 Å². The third-order valence-electron chi connectivity index (χ3n) is 6.92. The van der Waals surface area contributed by atoms with Crippen LogP contribution in [0.25, 0.3) is 0 Å². The predicted octanol–water partition coefficient (Wildman–Crippen LogP) is 1.62. The van der Waals surface area contributed by atoms with Gasteiger partial charge in [-0.2, -0.15) is 0 Å². The smallest absolute Gasteiger partial charge is 0.250 e. The molecule has 1 saturated heterocycles. The van der Waals surface area contributed by atoms with Crippen molar-refractivity contribution in [2.24, 2.45) is 5.73 Å². The molecule has 11 heteroatoms. The number of benzene rings is 2. The molecule has 41 heavy (non-hydrogen) atoms. The van der Waals surface area contributed by atoms with Crippen molar-refractivity contribution in [1.29, 1.82) is 0 Å². The Kier molecular flexibility index (Phi) is 9.87. The molecule has 0 aliphatic carbocycles. The fraction of sp³-hybridized carbons (Fsp3) is 0.400. The molecule has 3 amide bonds. The monoisotopic (exact) mass is 561 g/mol. The molecule has 2 aromatic carbocycles. The molecule has 0 bridgehead atoms. The van der Waals surface area contributed by atoms with E-state index in [-0.39, 0.29) is 24.9 Å². The highest BCUT2D eigenvalue weighted by Gasteiger charge is 2.31. The molecule has 218 valence electrons. The minimum atomic E-state index is -1.19. The normalized spacial score (nSPS) is 15.7. The van der Waals surface area contributed by atoms with Crippen LogP contribution in [0, 0.1) is 0 Å². The fourth-order valence-corrected chi connectivity index (χ4v) is 4.43. The van der Waals surface area contributed by atoms with Gasteiger partial charge in [0.1, 0.15) is 12.1 Å². The summed E-state index contributed by atoms with van der Waals surface area (Å²) in [5.41, 5.74) is 6.52. The van der Waals surface area contributed by atoms with E-state index < -0.39 is 29.4 Å². The number of hydrogen-bond acceptors (Lipinski definition) is 7. The van der Waals surface area contributed by atoms with Crippen molar-refractivity contribution in [2.75, 3.05) is 45.2 Å². The van der Waals surface area contributed by atoms with Crippen molar-refractivity contribution in [3.63, 3.8) is 0 Å². The second-order valence-electron chi connectivity index (χ2n) is 10.9. The number of ether oxygens (including phenoxy) is 1. The summed E-state index contributed by atoms with van der Waals surface area (Å²) in [5.74, 6) is -0.795.